The van der Waals surface area contributed by atoms with E-state index in [4.69, 9.17) is 23.7 Å². The van der Waals surface area contributed by atoms with Crippen molar-refractivity contribution in [1.82, 2.24) is 0 Å². The maximum Gasteiger partial charge on any atom is 0.0897 e. The molecular weight excluding hydrogens is 144 g/mol. The Kier molecular flexibility index (Phi) is 5.54. The normalized spacial score (nSPS) is 13.0. The van der Waals surface area contributed by atoms with E-state index in [1.54, 1.807) is 0 Å². The van der Waals surface area contributed by atoms with Gasteiger partial charge in [-0.15, -0.1) is 0 Å². The minimum atomic E-state index is -0.0680. The van der Waals surface area contributed by atoms with Crippen LogP contribution in [-0.4, -0.2) is 11.0 Å². The van der Waals surface area contributed by atoms with E-state index in [2.05, 4.69) is 6.92 Å². The van der Waals surface area contributed by atoms with Crippen LogP contribution in [0.1, 0.15) is 32.6 Å². The molecule has 0 amide bonds. The summed E-state index contributed by atoms with van der Waals surface area (Å²) < 4.78 is 0. The molecule has 0 aromatic carbocycles. The summed E-state index contributed by atoms with van der Waals surface area (Å²) in [5, 5.41) is 0. The average molecular weight is 160 g/mol. The summed E-state index contributed by atoms with van der Waals surface area (Å²) in [5.74, 6) is 0. The number of unbranched alkanes of at least 4 members (excludes halogenated alkanes) is 2. The summed E-state index contributed by atoms with van der Waals surface area (Å²) in [6.45, 7) is 2.16. The lowest BCUT2D eigenvalue weighted by Gasteiger charge is -2.07. The minimum absolute atomic E-state index is 0.0680. The van der Waals surface area contributed by atoms with E-state index in [0.717, 1.165) is 12.8 Å². The molecule has 1 atom stereocenters. The van der Waals surface area contributed by atoms with Gasteiger partial charge in [0, 0.05) is 0 Å². The second-order valence-electron chi connectivity index (χ2n) is 2.50. The van der Waals surface area contributed by atoms with Crippen molar-refractivity contribution in [2.24, 2.45) is 11.5 Å². The summed E-state index contributed by atoms with van der Waals surface area (Å²) in [5.41, 5.74) is 10.9. The van der Waals surface area contributed by atoms with E-state index >= 15 is 0 Å². The van der Waals surface area contributed by atoms with Gasteiger partial charge in [0.1, 0.15) is 0 Å². The molecule has 0 spiro atoms. The van der Waals surface area contributed by atoms with E-state index in [0.29, 0.717) is 4.99 Å². The van der Waals surface area contributed by atoms with Crippen molar-refractivity contribution < 1.29 is 0 Å². The second-order valence-corrected chi connectivity index (χ2v) is 2.98. The molecule has 3 heteroatoms. The van der Waals surface area contributed by atoms with Crippen LogP contribution in [0.15, 0.2) is 0 Å². The molecule has 4 N–H and O–H groups in total. The predicted molar refractivity (Wildman–Crippen MR) is 48.9 cm³/mol. The van der Waals surface area contributed by atoms with Crippen molar-refractivity contribution >= 4 is 17.2 Å². The highest BCUT2D eigenvalue weighted by molar-refractivity contribution is 7.80. The lowest BCUT2D eigenvalue weighted by Crippen LogP contribution is -2.34. The fraction of sp³-hybridized carbons (Fsp3) is 0.857. The Balaban J connectivity index is 3.21. The van der Waals surface area contributed by atoms with E-state index in [-0.39, 0.29) is 6.04 Å². The molecule has 1 unspecified atom stereocenters. The largest absolute Gasteiger partial charge is 0.392 e. The average Bonchev–Trinajstić information content (AvgIpc) is 1.88. The first-order valence-electron chi connectivity index (χ1n) is 3.73. The first-order valence-corrected chi connectivity index (χ1v) is 4.14. The number of hydrogen-bond acceptors (Lipinski definition) is 2. The van der Waals surface area contributed by atoms with Gasteiger partial charge in [-0.25, -0.2) is 0 Å². The highest BCUT2D eigenvalue weighted by Crippen LogP contribution is 2.01. The predicted octanol–water partition coefficient (Wildman–Crippen LogP) is 1.18. The molecule has 0 radical (unpaired) electrons. The smallest absolute Gasteiger partial charge is 0.0897 e. The summed E-state index contributed by atoms with van der Waals surface area (Å²) in [6, 6.07) is -0.0680. The zero-order chi connectivity index (χ0) is 7.98. The molecule has 10 heavy (non-hydrogen) atoms. The summed E-state index contributed by atoms with van der Waals surface area (Å²) in [6.07, 6.45) is 4.50. The maximum absolute atomic E-state index is 5.59. The molecule has 0 aliphatic rings. The van der Waals surface area contributed by atoms with Gasteiger partial charge in [-0.1, -0.05) is 38.4 Å². The van der Waals surface area contributed by atoms with E-state index < -0.39 is 0 Å². The van der Waals surface area contributed by atoms with Crippen LogP contribution < -0.4 is 11.5 Å². The molecule has 0 saturated heterocycles. The third kappa shape index (κ3) is 4.70. The number of nitrogens with two attached hydrogens (primary N) is 2. The lowest BCUT2D eigenvalue weighted by atomic mass is 10.1. The van der Waals surface area contributed by atoms with Gasteiger partial charge >= 0.3 is 0 Å². The Morgan fingerprint density at radius 3 is 2.50 bits per heavy atom. The van der Waals surface area contributed by atoms with Crippen molar-refractivity contribution in [2.45, 2.75) is 38.6 Å². The highest BCUT2D eigenvalue weighted by atomic mass is 32.1. The van der Waals surface area contributed by atoms with Crippen molar-refractivity contribution in [3.8, 4) is 0 Å². The Morgan fingerprint density at radius 2 is 2.10 bits per heavy atom. The van der Waals surface area contributed by atoms with Crippen molar-refractivity contribution in [3.05, 3.63) is 0 Å². The summed E-state index contributed by atoms with van der Waals surface area (Å²) in [7, 11) is 0. The second kappa shape index (κ2) is 5.62. The van der Waals surface area contributed by atoms with E-state index in [1.807, 2.05) is 0 Å². The lowest BCUT2D eigenvalue weighted by molar-refractivity contribution is 0.639. The Bertz CT molecular complexity index is 104. The van der Waals surface area contributed by atoms with Crippen LogP contribution in [0.2, 0.25) is 0 Å². The standard InChI is InChI=1S/C7H16N2S/c1-2-3-4-5-6(8)7(9)10/h6H,2-5,8H2,1H3,(H2,9,10). The first kappa shape index (κ1) is 9.85. The molecule has 2 nitrogen and oxygen atoms in total. The molecule has 0 aliphatic heterocycles. The molecule has 60 valence electrons. The van der Waals surface area contributed by atoms with Crippen molar-refractivity contribution in [2.75, 3.05) is 0 Å². The Labute approximate surface area is 68.0 Å². The fourth-order valence-corrected chi connectivity index (χ4v) is 0.874. The van der Waals surface area contributed by atoms with Crippen LogP contribution in [0.4, 0.5) is 0 Å². The van der Waals surface area contributed by atoms with Crippen molar-refractivity contribution in [3.63, 3.8) is 0 Å². The Hall–Kier alpha value is -0.150. The van der Waals surface area contributed by atoms with Gasteiger partial charge < -0.3 is 11.5 Å². The Morgan fingerprint density at radius 1 is 1.50 bits per heavy atom. The van der Waals surface area contributed by atoms with Gasteiger partial charge in [0.25, 0.3) is 0 Å². The quantitative estimate of drug-likeness (QED) is 0.469. The molecular formula is C7H16N2S. The van der Waals surface area contributed by atoms with Gasteiger partial charge in [0.15, 0.2) is 0 Å². The zero-order valence-corrected chi connectivity index (χ0v) is 7.29. The molecule has 0 aromatic rings. The third-order valence-corrected chi connectivity index (χ3v) is 1.79. The third-order valence-electron chi connectivity index (χ3n) is 1.48. The van der Waals surface area contributed by atoms with Gasteiger partial charge in [0.2, 0.25) is 0 Å². The monoisotopic (exact) mass is 160 g/mol. The van der Waals surface area contributed by atoms with Crippen LogP contribution in [-0.2, 0) is 0 Å². The van der Waals surface area contributed by atoms with E-state index in [9.17, 15) is 0 Å². The molecule has 0 fully saturated rings. The molecule has 0 rings (SSSR count). The minimum Gasteiger partial charge on any atom is -0.392 e. The summed E-state index contributed by atoms with van der Waals surface area (Å²) in [4.78, 5) is 0.441. The van der Waals surface area contributed by atoms with Gasteiger partial charge in [-0.3, -0.25) is 0 Å². The molecule has 0 heterocycles. The topological polar surface area (TPSA) is 52.0 Å². The number of hydrogen-bond donors (Lipinski definition) is 2. The van der Waals surface area contributed by atoms with E-state index in [1.165, 1.54) is 12.8 Å². The molecule has 0 saturated carbocycles. The highest BCUT2D eigenvalue weighted by Gasteiger charge is 2.02. The van der Waals surface area contributed by atoms with Crippen LogP contribution in [0, 0.1) is 0 Å². The number of thiocarbonyl (C=S) groups is 1. The van der Waals surface area contributed by atoms with Crippen LogP contribution >= 0.6 is 12.2 Å². The van der Waals surface area contributed by atoms with Crippen LogP contribution in [0.3, 0.4) is 0 Å². The molecule has 0 aliphatic carbocycles. The van der Waals surface area contributed by atoms with Crippen LogP contribution in [0.25, 0.3) is 0 Å². The van der Waals surface area contributed by atoms with Crippen LogP contribution in [0.5, 0.6) is 0 Å². The van der Waals surface area contributed by atoms with Gasteiger partial charge in [-0.2, -0.15) is 0 Å². The summed E-state index contributed by atoms with van der Waals surface area (Å²) >= 11 is 4.72. The fourth-order valence-electron chi connectivity index (χ4n) is 0.757. The maximum atomic E-state index is 5.59. The van der Waals surface area contributed by atoms with Crippen molar-refractivity contribution in [1.29, 1.82) is 0 Å². The SMILES string of the molecule is CCCCCC(N)C(N)=S. The first-order chi connectivity index (χ1) is 4.68. The molecule has 0 bridgehead atoms. The number of rotatable bonds is 5. The van der Waals surface area contributed by atoms with Gasteiger partial charge in [-0.05, 0) is 6.42 Å². The van der Waals surface area contributed by atoms with Gasteiger partial charge in [0.05, 0.1) is 11.0 Å². The molecule has 0 aromatic heterocycles. The zero-order valence-electron chi connectivity index (χ0n) is 6.47.